The minimum atomic E-state index is 0.544. The normalized spacial score (nSPS) is 18.5. The molecule has 0 saturated carbocycles. The minimum Gasteiger partial charge on any atom is -0.493 e. The molecule has 0 N–H and O–H groups in total. The molecule has 3 rings (SSSR count). The summed E-state index contributed by atoms with van der Waals surface area (Å²) in [5.74, 6) is 1.55. The summed E-state index contributed by atoms with van der Waals surface area (Å²) in [6.45, 7) is 8.89. The van der Waals surface area contributed by atoms with Gasteiger partial charge in [0.05, 0.1) is 6.61 Å². The van der Waals surface area contributed by atoms with Crippen LogP contribution in [0, 0.1) is 5.92 Å². The van der Waals surface area contributed by atoms with Gasteiger partial charge in [-0.3, -0.25) is 0 Å². The van der Waals surface area contributed by atoms with Crippen LogP contribution in [-0.4, -0.2) is 56.2 Å². The van der Waals surface area contributed by atoms with E-state index in [1.54, 1.807) is 0 Å². The van der Waals surface area contributed by atoms with Crippen molar-refractivity contribution in [2.75, 3.05) is 46.4 Å². The Morgan fingerprint density at radius 1 is 1.00 bits per heavy atom. The Bertz CT molecular complexity index is 600. The van der Waals surface area contributed by atoms with E-state index >= 15 is 0 Å². The maximum atomic E-state index is 6.11. The van der Waals surface area contributed by atoms with Crippen LogP contribution in [0.4, 0.5) is 0 Å². The second-order valence-electron chi connectivity index (χ2n) is 6.50. The largest absolute Gasteiger partial charge is 0.493 e. The van der Waals surface area contributed by atoms with E-state index in [0.717, 1.165) is 18.9 Å². The first-order valence-corrected chi connectivity index (χ1v) is 8.24. The molecule has 0 amide bonds. The van der Waals surface area contributed by atoms with E-state index in [9.17, 15) is 0 Å². The van der Waals surface area contributed by atoms with Gasteiger partial charge >= 0.3 is 0 Å². The summed E-state index contributed by atoms with van der Waals surface area (Å²) in [5, 5.41) is 2.45. The van der Waals surface area contributed by atoms with Crippen molar-refractivity contribution in [1.82, 2.24) is 9.80 Å². The molecule has 3 heteroatoms. The molecule has 1 atom stereocenters. The molecule has 22 heavy (non-hydrogen) atoms. The van der Waals surface area contributed by atoms with Crippen LogP contribution in [0.1, 0.15) is 6.92 Å². The summed E-state index contributed by atoms with van der Waals surface area (Å²) in [7, 11) is 2.20. The van der Waals surface area contributed by atoms with E-state index in [4.69, 9.17) is 4.74 Å². The lowest BCUT2D eigenvalue weighted by atomic mass is 10.1. The predicted octanol–water partition coefficient (Wildman–Crippen LogP) is 3.10. The summed E-state index contributed by atoms with van der Waals surface area (Å²) in [6, 6.07) is 14.7. The van der Waals surface area contributed by atoms with Crippen molar-refractivity contribution in [3.63, 3.8) is 0 Å². The lowest BCUT2D eigenvalue weighted by Gasteiger charge is -2.33. The standard InChI is InChI=1S/C19H26N2O/c1-16(14-21-12-10-20(2)11-13-21)15-22-19-9-5-7-17-6-3-4-8-18(17)19/h3-9,16H,10-15H2,1-2H3/t16-/m1/s1. The highest BCUT2D eigenvalue weighted by Gasteiger charge is 2.16. The first kappa shape index (κ1) is 15.3. The van der Waals surface area contributed by atoms with E-state index in [0.29, 0.717) is 5.92 Å². The van der Waals surface area contributed by atoms with Crippen LogP contribution in [0.25, 0.3) is 10.8 Å². The summed E-state index contributed by atoms with van der Waals surface area (Å²) in [6.07, 6.45) is 0. The van der Waals surface area contributed by atoms with Crippen molar-refractivity contribution >= 4 is 10.8 Å². The number of nitrogens with zero attached hydrogens (tertiary/aromatic N) is 2. The molecular formula is C19H26N2O. The highest BCUT2D eigenvalue weighted by atomic mass is 16.5. The third kappa shape index (κ3) is 3.79. The summed E-state index contributed by atoms with van der Waals surface area (Å²) in [4.78, 5) is 4.95. The average molecular weight is 298 g/mol. The van der Waals surface area contributed by atoms with Gasteiger partial charge in [-0.1, -0.05) is 43.3 Å². The number of benzene rings is 2. The third-order valence-corrected chi connectivity index (χ3v) is 4.44. The van der Waals surface area contributed by atoms with Crippen molar-refractivity contribution in [2.24, 2.45) is 5.92 Å². The number of fused-ring (bicyclic) bond motifs is 1. The lowest BCUT2D eigenvalue weighted by molar-refractivity contribution is 0.124. The summed E-state index contributed by atoms with van der Waals surface area (Å²) < 4.78 is 6.11. The van der Waals surface area contributed by atoms with Gasteiger partial charge in [0.25, 0.3) is 0 Å². The second kappa shape index (κ2) is 7.12. The molecule has 1 saturated heterocycles. The molecule has 0 unspecified atom stereocenters. The van der Waals surface area contributed by atoms with Crippen LogP contribution in [0.3, 0.4) is 0 Å². The molecule has 3 nitrogen and oxygen atoms in total. The van der Waals surface area contributed by atoms with Crippen molar-refractivity contribution in [1.29, 1.82) is 0 Å². The molecule has 1 aliphatic heterocycles. The average Bonchev–Trinajstić information content (AvgIpc) is 2.55. The Morgan fingerprint density at radius 2 is 1.73 bits per heavy atom. The number of rotatable bonds is 5. The van der Waals surface area contributed by atoms with Crippen LogP contribution in [0.15, 0.2) is 42.5 Å². The number of likely N-dealkylation sites (N-methyl/N-ethyl adjacent to an activating group) is 1. The zero-order valence-corrected chi connectivity index (χ0v) is 13.7. The number of piperazine rings is 1. The van der Waals surface area contributed by atoms with E-state index in [1.165, 1.54) is 37.0 Å². The van der Waals surface area contributed by atoms with Gasteiger partial charge in [0, 0.05) is 44.0 Å². The zero-order chi connectivity index (χ0) is 15.4. The maximum absolute atomic E-state index is 6.11. The van der Waals surface area contributed by atoms with E-state index in [2.05, 4.69) is 66.2 Å². The highest BCUT2D eigenvalue weighted by Crippen LogP contribution is 2.25. The Kier molecular flexibility index (Phi) is 4.96. The van der Waals surface area contributed by atoms with Crippen LogP contribution in [0.5, 0.6) is 5.75 Å². The SMILES string of the molecule is C[C@@H](COc1cccc2ccccc12)CN1CCN(C)CC1. The quantitative estimate of drug-likeness (QED) is 0.843. The van der Waals surface area contributed by atoms with Crippen LogP contribution in [0.2, 0.25) is 0 Å². The summed E-state index contributed by atoms with van der Waals surface area (Å²) in [5.41, 5.74) is 0. The molecular weight excluding hydrogens is 272 g/mol. The Labute approximate surface area is 133 Å². The number of ether oxygens (including phenoxy) is 1. The van der Waals surface area contributed by atoms with E-state index in [1.807, 2.05) is 0 Å². The lowest BCUT2D eigenvalue weighted by Crippen LogP contribution is -2.46. The fourth-order valence-corrected chi connectivity index (χ4v) is 3.08. The topological polar surface area (TPSA) is 15.7 Å². The number of hydrogen-bond acceptors (Lipinski definition) is 3. The smallest absolute Gasteiger partial charge is 0.127 e. The number of hydrogen-bond donors (Lipinski definition) is 0. The molecule has 2 aromatic rings. The molecule has 0 bridgehead atoms. The molecule has 0 aromatic heterocycles. The fourth-order valence-electron chi connectivity index (χ4n) is 3.08. The van der Waals surface area contributed by atoms with E-state index in [-0.39, 0.29) is 0 Å². The molecule has 118 valence electrons. The second-order valence-corrected chi connectivity index (χ2v) is 6.50. The molecule has 2 aromatic carbocycles. The third-order valence-electron chi connectivity index (χ3n) is 4.44. The Balaban J connectivity index is 1.55. The van der Waals surface area contributed by atoms with E-state index < -0.39 is 0 Å². The highest BCUT2D eigenvalue weighted by molar-refractivity contribution is 5.88. The Morgan fingerprint density at radius 3 is 2.55 bits per heavy atom. The first-order valence-electron chi connectivity index (χ1n) is 8.24. The van der Waals surface area contributed by atoms with Crippen molar-refractivity contribution in [3.8, 4) is 5.75 Å². The van der Waals surface area contributed by atoms with Gasteiger partial charge in [-0.2, -0.15) is 0 Å². The Hall–Kier alpha value is -1.58. The fraction of sp³-hybridized carbons (Fsp3) is 0.474. The van der Waals surface area contributed by atoms with Gasteiger partial charge in [-0.05, 0) is 18.5 Å². The van der Waals surface area contributed by atoms with Crippen LogP contribution >= 0.6 is 0 Å². The molecule has 0 spiro atoms. The van der Waals surface area contributed by atoms with Crippen molar-refractivity contribution < 1.29 is 4.74 Å². The molecule has 0 radical (unpaired) electrons. The van der Waals surface area contributed by atoms with Crippen molar-refractivity contribution in [2.45, 2.75) is 6.92 Å². The first-order chi connectivity index (χ1) is 10.7. The minimum absolute atomic E-state index is 0.544. The van der Waals surface area contributed by atoms with Crippen molar-refractivity contribution in [3.05, 3.63) is 42.5 Å². The predicted molar refractivity (Wildman–Crippen MR) is 92.5 cm³/mol. The van der Waals surface area contributed by atoms with Gasteiger partial charge in [-0.15, -0.1) is 0 Å². The monoisotopic (exact) mass is 298 g/mol. The maximum Gasteiger partial charge on any atom is 0.127 e. The van der Waals surface area contributed by atoms with Gasteiger partial charge in [0.15, 0.2) is 0 Å². The van der Waals surface area contributed by atoms with Gasteiger partial charge in [-0.25, -0.2) is 0 Å². The van der Waals surface area contributed by atoms with Gasteiger partial charge < -0.3 is 14.5 Å². The molecule has 1 fully saturated rings. The molecule has 1 aliphatic rings. The summed E-state index contributed by atoms with van der Waals surface area (Å²) >= 11 is 0. The van der Waals surface area contributed by atoms with Crippen LogP contribution < -0.4 is 4.74 Å². The van der Waals surface area contributed by atoms with Crippen LogP contribution in [-0.2, 0) is 0 Å². The van der Waals surface area contributed by atoms with Gasteiger partial charge in [0.1, 0.15) is 5.75 Å². The zero-order valence-electron chi connectivity index (χ0n) is 13.7. The molecule has 0 aliphatic carbocycles. The molecule has 1 heterocycles. The van der Waals surface area contributed by atoms with Gasteiger partial charge in [0.2, 0.25) is 0 Å².